The van der Waals surface area contributed by atoms with Gasteiger partial charge in [0, 0.05) is 11.8 Å². The highest BCUT2D eigenvalue weighted by Gasteiger charge is 2.30. The Kier molecular flexibility index (Phi) is 2.75. The number of rotatable bonds is 2. The average molecular weight is 239 g/mol. The molecule has 0 saturated heterocycles. The normalized spacial score (nSPS) is 11.5. The Morgan fingerprint density at radius 1 is 1.06 bits per heavy atom. The summed E-state index contributed by atoms with van der Waals surface area (Å²) in [6.45, 7) is 0. The van der Waals surface area contributed by atoms with Crippen LogP contribution in [0.15, 0.2) is 36.5 Å². The molecule has 0 radical (unpaired) electrons. The van der Waals surface area contributed by atoms with E-state index in [1.807, 2.05) is 0 Å². The molecule has 2 rings (SSSR count). The topological polar surface area (TPSA) is 32.9 Å². The molecule has 1 heterocycles. The zero-order chi connectivity index (χ0) is 12.5. The molecule has 2 nitrogen and oxygen atoms in total. The molecule has 0 unspecified atom stereocenters. The van der Waals surface area contributed by atoms with Gasteiger partial charge in [0.2, 0.25) is 0 Å². The number of hydrogen-bond donors (Lipinski definition) is 1. The van der Waals surface area contributed by atoms with Gasteiger partial charge in [0.25, 0.3) is 0 Å². The zero-order valence-corrected chi connectivity index (χ0v) is 8.58. The summed E-state index contributed by atoms with van der Waals surface area (Å²) in [5.74, 6) is 0. The molecule has 5 heteroatoms. The molecule has 0 aliphatic heterocycles. The lowest BCUT2D eigenvalue weighted by Gasteiger charge is -2.07. The van der Waals surface area contributed by atoms with Crippen molar-refractivity contribution >= 4 is 6.29 Å². The monoisotopic (exact) mass is 239 g/mol. The highest BCUT2D eigenvalue weighted by Crippen LogP contribution is 2.31. The molecule has 0 aliphatic rings. The number of aromatic nitrogens is 1. The Morgan fingerprint density at radius 3 is 2.24 bits per heavy atom. The van der Waals surface area contributed by atoms with Gasteiger partial charge in [-0.25, -0.2) is 0 Å². The zero-order valence-electron chi connectivity index (χ0n) is 8.58. The van der Waals surface area contributed by atoms with E-state index in [4.69, 9.17) is 0 Å². The van der Waals surface area contributed by atoms with Crippen molar-refractivity contribution in [2.75, 3.05) is 0 Å². The second-order valence-corrected chi connectivity index (χ2v) is 3.50. The van der Waals surface area contributed by atoms with Gasteiger partial charge in [-0.1, -0.05) is 12.1 Å². The van der Waals surface area contributed by atoms with Gasteiger partial charge in [0.05, 0.1) is 11.3 Å². The van der Waals surface area contributed by atoms with E-state index < -0.39 is 11.7 Å². The molecule has 88 valence electrons. The number of carbonyl (C=O) groups excluding carboxylic acids is 1. The summed E-state index contributed by atoms with van der Waals surface area (Å²) in [5, 5.41) is 0. The van der Waals surface area contributed by atoms with Gasteiger partial charge in [-0.15, -0.1) is 0 Å². The third kappa shape index (κ3) is 2.22. The van der Waals surface area contributed by atoms with Crippen LogP contribution in [-0.2, 0) is 6.18 Å². The van der Waals surface area contributed by atoms with Crippen molar-refractivity contribution in [3.8, 4) is 11.1 Å². The molecule has 1 N–H and O–H groups in total. The maximum atomic E-state index is 12.3. The Labute approximate surface area is 95.1 Å². The van der Waals surface area contributed by atoms with Crippen molar-refractivity contribution in [2.24, 2.45) is 0 Å². The van der Waals surface area contributed by atoms with Crippen LogP contribution in [0.5, 0.6) is 0 Å². The van der Waals surface area contributed by atoms with Gasteiger partial charge in [0.15, 0.2) is 6.29 Å². The minimum absolute atomic E-state index is 0.352. The predicted octanol–water partition coefficient (Wildman–Crippen LogP) is 3.51. The van der Waals surface area contributed by atoms with Gasteiger partial charge < -0.3 is 4.98 Å². The van der Waals surface area contributed by atoms with E-state index >= 15 is 0 Å². The fourth-order valence-corrected chi connectivity index (χ4v) is 1.57. The first kappa shape index (κ1) is 11.4. The summed E-state index contributed by atoms with van der Waals surface area (Å²) in [5.41, 5.74) is 0.810. The lowest BCUT2D eigenvalue weighted by Crippen LogP contribution is -2.04. The summed E-state index contributed by atoms with van der Waals surface area (Å²) in [6.07, 6.45) is -2.14. The number of aldehydes is 1. The number of benzene rings is 1. The van der Waals surface area contributed by atoms with Crippen LogP contribution in [-0.4, -0.2) is 11.3 Å². The Bertz CT molecular complexity index is 525. The van der Waals surface area contributed by atoms with Crippen LogP contribution in [0, 0.1) is 0 Å². The average Bonchev–Trinajstić information content (AvgIpc) is 2.76. The number of nitrogens with one attached hydrogen (secondary N) is 1. The van der Waals surface area contributed by atoms with Crippen LogP contribution in [0.2, 0.25) is 0 Å². The quantitative estimate of drug-likeness (QED) is 0.799. The number of carbonyl (C=O) groups is 1. The molecule has 1 aromatic heterocycles. The van der Waals surface area contributed by atoms with Crippen LogP contribution in [0.3, 0.4) is 0 Å². The van der Waals surface area contributed by atoms with Crippen LogP contribution in [0.25, 0.3) is 11.1 Å². The molecule has 2 aromatic rings. The molecule has 0 amide bonds. The Balaban J connectivity index is 2.39. The molecule has 0 bridgehead atoms. The summed E-state index contributed by atoms with van der Waals surface area (Å²) >= 11 is 0. The van der Waals surface area contributed by atoms with Crippen molar-refractivity contribution < 1.29 is 18.0 Å². The third-order valence-electron chi connectivity index (χ3n) is 2.42. The fourth-order valence-electron chi connectivity index (χ4n) is 1.57. The molecule has 17 heavy (non-hydrogen) atoms. The number of aromatic amines is 1. The van der Waals surface area contributed by atoms with E-state index in [1.54, 1.807) is 12.3 Å². The minimum Gasteiger partial charge on any atom is -0.359 e. The smallest absolute Gasteiger partial charge is 0.359 e. The van der Waals surface area contributed by atoms with Gasteiger partial charge in [-0.05, 0) is 23.8 Å². The molecule has 0 atom stereocenters. The van der Waals surface area contributed by atoms with Crippen molar-refractivity contribution in [1.82, 2.24) is 4.98 Å². The maximum Gasteiger partial charge on any atom is 0.416 e. The van der Waals surface area contributed by atoms with E-state index in [9.17, 15) is 18.0 Å². The second-order valence-electron chi connectivity index (χ2n) is 3.50. The highest BCUT2D eigenvalue weighted by molar-refractivity contribution is 5.85. The molecular weight excluding hydrogens is 231 g/mol. The van der Waals surface area contributed by atoms with Gasteiger partial charge >= 0.3 is 6.18 Å². The Hall–Kier alpha value is -2.04. The van der Waals surface area contributed by atoms with E-state index in [0.717, 1.165) is 12.1 Å². The SMILES string of the molecule is O=Cc1[nH]ccc1-c1ccc(C(F)(F)F)cc1. The number of halogens is 3. The first-order chi connectivity index (χ1) is 8.02. The summed E-state index contributed by atoms with van der Waals surface area (Å²) in [6, 6.07) is 6.33. The highest BCUT2D eigenvalue weighted by atomic mass is 19.4. The lowest BCUT2D eigenvalue weighted by molar-refractivity contribution is -0.137. The van der Waals surface area contributed by atoms with Crippen LogP contribution in [0.1, 0.15) is 16.1 Å². The molecule has 0 aliphatic carbocycles. The van der Waals surface area contributed by atoms with E-state index in [2.05, 4.69) is 4.98 Å². The van der Waals surface area contributed by atoms with Gasteiger partial charge in [-0.2, -0.15) is 13.2 Å². The summed E-state index contributed by atoms with van der Waals surface area (Å²) < 4.78 is 37.0. The van der Waals surface area contributed by atoms with E-state index in [1.165, 1.54) is 12.1 Å². The van der Waals surface area contributed by atoms with Gasteiger partial charge in [0.1, 0.15) is 0 Å². The second kappa shape index (κ2) is 4.08. The van der Waals surface area contributed by atoms with Crippen LogP contribution < -0.4 is 0 Å². The fraction of sp³-hybridized carbons (Fsp3) is 0.0833. The van der Waals surface area contributed by atoms with Crippen molar-refractivity contribution in [3.63, 3.8) is 0 Å². The van der Waals surface area contributed by atoms with Crippen LogP contribution in [0.4, 0.5) is 13.2 Å². The molecule has 0 spiro atoms. The van der Waals surface area contributed by atoms with Crippen molar-refractivity contribution in [1.29, 1.82) is 0 Å². The summed E-state index contributed by atoms with van der Waals surface area (Å²) in [7, 11) is 0. The van der Waals surface area contributed by atoms with Gasteiger partial charge in [-0.3, -0.25) is 4.79 Å². The standard InChI is InChI=1S/C12H8F3NO/c13-12(14,15)9-3-1-8(2-4-9)10-5-6-16-11(10)7-17/h1-7,16H. The molecule has 1 aromatic carbocycles. The molecule has 0 fully saturated rings. The minimum atomic E-state index is -4.34. The number of alkyl halides is 3. The predicted molar refractivity (Wildman–Crippen MR) is 56.6 cm³/mol. The first-order valence-electron chi connectivity index (χ1n) is 4.82. The largest absolute Gasteiger partial charge is 0.416 e. The summed E-state index contributed by atoms with van der Waals surface area (Å²) in [4.78, 5) is 13.4. The van der Waals surface area contributed by atoms with Crippen molar-refractivity contribution in [2.45, 2.75) is 6.18 Å². The third-order valence-corrected chi connectivity index (χ3v) is 2.42. The van der Waals surface area contributed by atoms with E-state index in [-0.39, 0.29) is 0 Å². The van der Waals surface area contributed by atoms with E-state index in [0.29, 0.717) is 23.1 Å². The maximum absolute atomic E-state index is 12.3. The molecule has 0 saturated carbocycles. The number of hydrogen-bond acceptors (Lipinski definition) is 1. The molecular formula is C12H8F3NO. The van der Waals surface area contributed by atoms with Crippen molar-refractivity contribution in [3.05, 3.63) is 47.8 Å². The number of H-pyrrole nitrogens is 1. The Morgan fingerprint density at radius 2 is 1.71 bits per heavy atom. The lowest BCUT2D eigenvalue weighted by atomic mass is 10.0. The first-order valence-corrected chi connectivity index (χ1v) is 4.82. The van der Waals surface area contributed by atoms with Crippen LogP contribution >= 0.6 is 0 Å².